The number of likely N-dealkylation sites (N-methyl/N-ethyl adjacent to an activating group) is 1. The summed E-state index contributed by atoms with van der Waals surface area (Å²) in [6.07, 6.45) is 3.24. The van der Waals surface area contributed by atoms with Crippen molar-refractivity contribution in [2.45, 2.75) is 277 Å². The van der Waals surface area contributed by atoms with E-state index >= 15 is 0 Å². The van der Waals surface area contributed by atoms with Crippen LogP contribution in [0.15, 0.2) is 59.1 Å². The molecule has 4 rings (SSSR count). The first-order chi connectivity index (χ1) is 66.7. The Morgan fingerprint density at radius 3 is 1.52 bits per heavy atom. The molecule has 2 aromatic heterocycles. The Balaban J connectivity index is 0.00000131. The highest BCUT2D eigenvalue weighted by molar-refractivity contribution is 8.76. The van der Waals surface area contributed by atoms with E-state index in [2.05, 4.69) is 66.3 Å². The van der Waals surface area contributed by atoms with Crippen molar-refractivity contribution in [3.8, 4) is 5.75 Å². The van der Waals surface area contributed by atoms with Gasteiger partial charge in [-0.15, -0.1) is 11.3 Å². The second-order valence-electron chi connectivity index (χ2n) is 32.6. The minimum atomic E-state index is -1.01. The Hall–Kier alpha value is -8.53. The molecule has 0 aliphatic carbocycles. The summed E-state index contributed by atoms with van der Waals surface area (Å²) in [4.78, 5) is 149. The van der Waals surface area contributed by atoms with E-state index in [0.29, 0.717) is 89.0 Å². The van der Waals surface area contributed by atoms with Gasteiger partial charge in [0, 0.05) is 130 Å². The third-order valence-corrected chi connectivity index (χ3v) is 24.6. The number of ether oxygens (including phenoxy) is 13. The smallest absolute Gasteiger partial charge is 0.412 e. The normalized spacial score (nSPS) is 15.4. The number of carboxylic acids is 2. The fourth-order valence-electron chi connectivity index (χ4n) is 12.9. The van der Waals surface area contributed by atoms with E-state index in [1.54, 1.807) is 64.4 Å². The molecule has 139 heavy (non-hydrogen) atoms. The van der Waals surface area contributed by atoms with Crippen molar-refractivity contribution in [2.24, 2.45) is 17.8 Å². The predicted molar refractivity (Wildman–Crippen MR) is 521 cm³/mol. The number of methoxy groups -OCH3 is 4. The molecule has 8 unspecified atom stereocenters. The minimum Gasteiger partial charge on any atom is -0.481 e. The Labute approximate surface area is 830 Å². The van der Waals surface area contributed by atoms with E-state index < -0.39 is 97.6 Å². The van der Waals surface area contributed by atoms with Crippen LogP contribution in [0.2, 0.25) is 0 Å². The zero-order chi connectivity index (χ0) is 104. The van der Waals surface area contributed by atoms with Crippen LogP contribution < -0.4 is 47.3 Å². The number of benzene rings is 1. The van der Waals surface area contributed by atoms with Gasteiger partial charge in [-0.25, -0.2) is 29.1 Å². The first-order valence-electron chi connectivity index (χ1n) is 47.6. The number of nitrogens with one attached hydrogen (secondary N) is 8. The van der Waals surface area contributed by atoms with Gasteiger partial charge in [0.2, 0.25) is 23.6 Å². The van der Waals surface area contributed by atoms with Gasteiger partial charge in [0.25, 0.3) is 5.91 Å². The molecule has 1 aliphatic heterocycles. The molecule has 3 aromatic rings. The van der Waals surface area contributed by atoms with Gasteiger partial charge in [0.15, 0.2) is 25.2 Å². The Morgan fingerprint density at radius 2 is 1.07 bits per heavy atom. The molecular formula is C93H160N12O31S3. The monoisotopic (exact) mass is 2040 g/mol. The number of pyridine rings is 1. The van der Waals surface area contributed by atoms with Crippen LogP contribution in [0.25, 0.3) is 0 Å². The number of hydrogen-bond acceptors (Lipinski definition) is 35. The van der Waals surface area contributed by atoms with Crippen LogP contribution in [0.1, 0.15) is 212 Å². The molecule has 1 saturated heterocycles. The van der Waals surface area contributed by atoms with E-state index in [1.165, 1.54) is 39.8 Å². The summed E-state index contributed by atoms with van der Waals surface area (Å²) in [6.45, 7) is 23.2. The highest BCUT2D eigenvalue weighted by atomic mass is 33.1. The van der Waals surface area contributed by atoms with Gasteiger partial charge in [-0.1, -0.05) is 118 Å². The van der Waals surface area contributed by atoms with Crippen LogP contribution in [-0.2, 0) is 92.0 Å². The fourth-order valence-corrected chi connectivity index (χ4v) is 15.5. The molecule has 1 aromatic carbocycles. The first kappa shape index (κ1) is 128. The molecule has 46 heteroatoms. The van der Waals surface area contributed by atoms with E-state index in [0.717, 1.165) is 48.6 Å². The van der Waals surface area contributed by atoms with Gasteiger partial charge in [-0.05, 0) is 143 Å². The van der Waals surface area contributed by atoms with Crippen LogP contribution in [0.4, 0.5) is 19.2 Å². The average molecular weight is 2040 g/mol. The Kier molecular flexibility index (Phi) is 73.0. The number of carbonyl (C=O) groups is 11. The van der Waals surface area contributed by atoms with Crippen molar-refractivity contribution in [1.82, 2.24) is 62.3 Å². The number of likely N-dealkylation sites (tertiary alicyclic amines) is 1. The molecule has 0 radical (unpaired) electrons. The Bertz CT molecular complexity index is 3800. The van der Waals surface area contributed by atoms with Crippen molar-refractivity contribution in [3.05, 3.63) is 70.3 Å². The first-order valence-corrected chi connectivity index (χ1v) is 50.8. The zero-order valence-corrected chi connectivity index (χ0v) is 86.3. The van der Waals surface area contributed by atoms with Gasteiger partial charge < -0.3 is 145 Å². The standard InChI is InChI=1S/C57H94N8O14S.C18H29N3O6S2.C11H21NO7.C7H16O4/c1-11-28-65(54(70)50(38(7)13-3)63-52(69)45-19-15-18-29-64(45)9)46(37(5)6)33-47(76-30-12-2)53-62-44(36-80-53)51(68)61-41(31-39(8)55(71)72)32-40-20-22-43(23-21-40)79-57(74)59-26-17-16-25-58-48(67)24-27-60-56(73)77-35-49(75-10)78-42(14-4)34-66;1-3-14(12-22)27-17(25-2)13-26-18(24)21-9-7-15(23)19-10-11-28-29-16-6-4-5-8-20-16;1-3-8(6-13)19-10(17-2)7-18-11(16)12-5-4-9(14)15;1-3-6(4-8)11-7(5-9)10-2/h20-23,36-39,41-42,45-47,49-50,66H,11-19,24-35H2,1-10H3,(H,58,67)(H,59,74)(H,60,73)(H,61,68)(H,63,69)(H,71,72);4-6,8,14,17,22H,3,7,9-13H2,1-2H3,(H,19,23)(H,21,24);8,10,13H,3-7H2,1-2H3,(H,12,16)(H,14,15);6-9H,3-5H2,1-2H3/t38-,39-,41+,42?,45+,46+,47+,49?,50-;;;/m0.../s1. The van der Waals surface area contributed by atoms with Crippen LogP contribution in [0.3, 0.4) is 0 Å². The van der Waals surface area contributed by atoms with Crippen LogP contribution >= 0.6 is 32.9 Å². The number of aliphatic hydroxyl groups excluding tert-OH is 5. The van der Waals surface area contributed by atoms with Crippen molar-refractivity contribution in [2.75, 3.05) is 153 Å². The summed E-state index contributed by atoms with van der Waals surface area (Å²) in [5.74, 6) is -2.99. The number of amides is 9. The lowest BCUT2D eigenvalue weighted by molar-refractivity contribution is -0.181. The number of piperidine rings is 1. The van der Waals surface area contributed by atoms with Gasteiger partial charge in [-0.2, -0.15) is 0 Å². The molecule has 9 amide bonds. The second-order valence-corrected chi connectivity index (χ2v) is 35.9. The number of aliphatic carboxylic acids is 2. The number of nitrogens with zero attached hydrogens (tertiary/aromatic N) is 4. The summed E-state index contributed by atoms with van der Waals surface area (Å²) in [7, 11) is 10.8. The third kappa shape index (κ3) is 58.0. The van der Waals surface area contributed by atoms with Crippen LogP contribution in [0, 0.1) is 17.8 Å². The average Bonchev–Trinajstić information content (AvgIpc) is 1.68. The maximum absolute atomic E-state index is 14.8. The highest BCUT2D eigenvalue weighted by Gasteiger charge is 2.39. The number of aromatic nitrogens is 2. The fraction of sp³-hybridized carbons (Fsp3) is 0.731. The molecule has 0 spiro atoms. The van der Waals surface area contributed by atoms with Gasteiger partial charge >= 0.3 is 36.3 Å². The molecule has 1 fully saturated rings. The van der Waals surface area contributed by atoms with Gasteiger partial charge in [0.1, 0.15) is 53.4 Å². The number of thiazole rings is 1. The lowest BCUT2D eigenvalue weighted by Gasteiger charge is -2.40. The molecule has 796 valence electrons. The number of carboxylic acid groups (broad SMARTS) is 2. The van der Waals surface area contributed by atoms with Gasteiger partial charge in [-0.3, -0.25) is 38.5 Å². The highest BCUT2D eigenvalue weighted by Crippen LogP contribution is 2.33. The zero-order valence-electron chi connectivity index (χ0n) is 83.8. The lowest BCUT2D eigenvalue weighted by atomic mass is 9.92. The van der Waals surface area contributed by atoms with Crippen molar-refractivity contribution in [1.29, 1.82) is 0 Å². The molecule has 0 saturated carbocycles. The van der Waals surface area contributed by atoms with E-state index in [9.17, 15) is 63.0 Å². The molecule has 1 aliphatic rings. The molecular weight excluding hydrogens is 1880 g/mol. The maximum atomic E-state index is 14.8. The number of unbranched alkanes of at least 4 members (excludes halogenated alkanes) is 1. The van der Waals surface area contributed by atoms with Crippen LogP contribution in [-0.4, -0.2) is 348 Å². The molecule has 15 atom stereocenters. The molecule has 0 bridgehead atoms. The number of hydrogen-bond donors (Lipinski definition) is 15. The van der Waals surface area contributed by atoms with Gasteiger partial charge in [0.05, 0.1) is 75.8 Å². The molecule has 43 nitrogen and oxygen atoms in total. The van der Waals surface area contributed by atoms with E-state index in [4.69, 9.17) is 92.1 Å². The number of rotatable bonds is 69. The SMILES string of the molecule is CCC(CO)OC(CO)OC.CCC(CO)OC(COC(=O)NCCC(=O)NCCSSc1ccccn1)OC.CCC(CO)OC(COC(=O)NCCC(=O)O)OC.CCCO[C@H](C[C@H](C(C)C)N(CCC)C(=O)[C@@H](NC(=O)[C@H]1CCCCN1C)[C@@H](C)CC)c1nc(C(=O)N[C@@H](Cc2ccc(OC(=O)NCCCCNC(=O)CCNC(=O)OCC(OC)OC(CC)CO)cc2)C[C@H](C)C(=O)O)cs1. The summed E-state index contributed by atoms with van der Waals surface area (Å²) in [6, 6.07) is 10.6. The summed E-state index contributed by atoms with van der Waals surface area (Å²) in [5, 5.41) is 87.8. The lowest BCUT2D eigenvalue weighted by Crippen LogP contribution is -2.58. The summed E-state index contributed by atoms with van der Waals surface area (Å²) < 4.78 is 68.0. The van der Waals surface area contributed by atoms with Crippen molar-refractivity contribution in [3.63, 3.8) is 0 Å². The number of carbonyl (C=O) groups excluding carboxylic acids is 9. The van der Waals surface area contributed by atoms with Crippen LogP contribution in [0.5, 0.6) is 5.75 Å². The number of alkyl carbamates (subject to hydrolysis) is 3. The summed E-state index contributed by atoms with van der Waals surface area (Å²) in [5.41, 5.74) is 0.922. The van der Waals surface area contributed by atoms with Crippen molar-refractivity contribution < 1.29 is 150 Å². The molecule has 3 heterocycles. The minimum absolute atomic E-state index is 0.0130. The van der Waals surface area contributed by atoms with Crippen molar-refractivity contribution >= 4 is 98.8 Å². The topological polar surface area (TPSA) is 578 Å². The van der Waals surface area contributed by atoms with E-state index in [1.807, 2.05) is 85.5 Å². The maximum Gasteiger partial charge on any atom is 0.412 e. The predicted octanol–water partition coefficient (Wildman–Crippen LogP) is 8.09. The largest absolute Gasteiger partial charge is 0.481 e. The Morgan fingerprint density at radius 1 is 0.568 bits per heavy atom. The van der Waals surface area contributed by atoms with E-state index in [-0.39, 0.29) is 188 Å². The summed E-state index contributed by atoms with van der Waals surface area (Å²) >= 11 is 1.29. The quantitative estimate of drug-likeness (QED) is 0.0110. The second kappa shape index (κ2) is 79.0. The molecule has 15 N–H and O–H groups in total. The third-order valence-electron chi connectivity index (χ3n) is 21.4. The number of aliphatic hydroxyl groups is 5.